The minimum absolute atomic E-state index is 0.00611. The molecule has 0 saturated carbocycles. The van der Waals surface area contributed by atoms with Gasteiger partial charge in [-0.3, -0.25) is 9.36 Å². The van der Waals surface area contributed by atoms with E-state index in [0.717, 1.165) is 10.6 Å². The van der Waals surface area contributed by atoms with Crippen LogP contribution < -0.4 is 10.9 Å². The smallest absolute Gasteiger partial charge is 0.359 e. The van der Waals surface area contributed by atoms with Crippen molar-refractivity contribution in [3.05, 3.63) is 62.1 Å². The molecule has 1 aromatic carbocycles. The molecule has 0 aliphatic heterocycles. The number of halogens is 6. The van der Waals surface area contributed by atoms with E-state index in [1.165, 1.54) is 6.07 Å². The van der Waals surface area contributed by atoms with Crippen molar-refractivity contribution in [1.82, 2.24) is 9.55 Å². The molecule has 4 nitrogen and oxygen atoms in total. The fraction of sp³-hybridized carbons (Fsp3) is 0.125. The van der Waals surface area contributed by atoms with Crippen LogP contribution in [-0.2, 0) is 0 Å². The van der Waals surface area contributed by atoms with Crippen LogP contribution in [0.1, 0.15) is 0 Å². The van der Waals surface area contributed by atoms with Crippen molar-refractivity contribution in [2.75, 3.05) is 11.9 Å². The molecule has 26 heavy (non-hydrogen) atoms. The molecular weight excluding hydrogens is 442 g/mol. The third kappa shape index (κ3) is 3.83. The standard InChI is InChI=1S/C16H9BrClF4N3O/c17-11-5-8-6-12(19)13(23-7-16(20,21)22)24-14(8)25(15(11)26)10-3-1-9(18)2-4-10/h1-6H,7H2,(H,23,24). The lowest BCUT2D eigenvalue weighted by atomic mass is 10.2. The van der Waals surface area contributed by atoms with Gasteiger partial charge in [0.2, 0.25) is 0 Å². The molecule has 1 N–H and O–H groups in total. The fourth-order valence-corrected chi connectivity index (χ4v) is 2.87. The van der Waals surface area contributed by atoms with E-state index in [2.05, 4.69) is 20.9 Å². The summed E-state index contributed by atoms with van der Waals surface area (Å²) in [7, 11) is 0. The van der Waals surface area contributed by atoms with Gasteiger partial charge in [0.25, 0.3) is 5.56 Å². The monoisotopic (exact) mass is 449 g/mol. The highest BCUT2D eigenvalue weighted by Crippen LogP contribution is 2.25. The molecule has 3 rings (SSSR count). The number of fused-ring (bicyclic) bond motifs is 1. The molecule has 0 spiro atoms. The summed E-state index contributed by atoms with van der Waals surface area (Å²) in [5.41, 5.74) is -0.112. The van der Waals surface area contributed by atoms with Crippen molar-refractivity contribution < 1.29 is 17.6 Å². The van der Waals surface area contributed by atoms with Crippen LogP contribution >= 0.6 is 27.5 Å². The van der Waals surface area contributed by atoms with Crippen LogP contribution in [0.25, 0.3) is 16.7 Å². The number of aromatic nitrogens is 2. The Morgan fingerprint density at radius 3 is 2.46 bits per heavy atom. The van der Waals surface area contributed by atoms with Crippen LogP contribution in [0, 0.1) is 5.82 Å². The lowest BCUT2D eigenvalue weighted by molar-refractivity contribution is -0.115. The van der Waals surface area contributed by atoms with E-state index in [0.29, 0.717) is 10.7 Å². The second-order valence-corrected chi connectivity index (χ2v) is 6.60. The first-order valence-electron chi connectivity index (χ1n) is 7.14. The lowest BCUT2D eigenvalue weighted by Crippen LogP contribution is -2.24. The highest BCUT2D eigenvalue weighted by molar-refractivity contribution is 9.10. The first-order valence-corrected chi connectivity index (χ1v) is 8.31. The predicted molar refractivity (Wildman–Crippen MR) is 94.6 cm³/mol. The third-order valence-electron chi connectivity index (χ3n) is 3.43. The predicted octanol–water partition coefficient (Wildman–Crippen LogP) is 4.91. The molecule has 0 fully saturated rings. The van der Waals surface area contributed by atoms with Crippen molar-refractivity contribution in [2.24, 2.45) is 0 Å². The number of benzene rings is 1. The Kier molecular flexibility index (Phi) is 4.94. The van der Waals surface area contributed by atoms with E-state index in [4.69, 9.17) is 11.6 Å². The number of nitrogens with one attached hydrogen (secondary N) is 1. The Morgan fingerprint density at radius 1 is 1.19 bits per heavy atom. The van der Waals surface area contributed by atoms with Gasteiger partial charge in [0.1, 0.15) is 12.2 Å². The second-order valence-electron chi connectivity index (χ2n) is 5.31. The average Bonchev–Trinajstić information content (AvgIpc) is 2.55. The topological polar surface area (TPSA) is 46.9 Å². The van der Waals surface area contributed by atoms with Crippen LogP contribution in [0.5, 0.6) is 0 Å². The summed E-state index contributed by atoms with van der Waals surface area (Å²) in [5.74, 6) is -1.56. The molecule has 136 valence electrons. The molecule has 0 unspecified atom stereocenters. The van der Waals surface area contributed by atoms with Crippen LogP contribution in [0.4, 0.5) is 23.4 Å². The maximum atomic E-state index is 14.1. The molecule has 2 heterocycles. The number of alkyl halides is 3. The minimum atomic E-state index is -4.54. The summed E-state index contributed by atoms with van der Waals surface area (Å²) in [6.07, 6.45) is -4.54. The normalized spacial score (nSPS) is 11.8. The maximum absolute atomic E-state index is 14.1. The number of nitrogens with zero attached hydrogens (tertiary/aromatic N) is 2. The van der Waals surface area contributed by atoms with Crippen LogP contribution in [0.2, 0.25) is 5.02 Å². The van der Waals surface area contributed by atoms with Crippen molar-refractivity contribution in [2.45, 2.75) is 6.18 Å². The summed E-state index contributed by atoms with van der Waals surface area (Å²) in [6.45, 7) is -1.45. The van der Waals surface area contributed by atoms with Gasteiger partial charge in [-0.1, -0.05) is 11.6 Å². The number of pyridine rings is 2. The molecular formula is C16H9BrClF4N3O. The Labute approximate surface area is 157 Å². The van der Waals surface area contributed by atoms with Crippen molar-refractivity contribution >= 4 is 44.4 Å². The molecule has 0 amide bonds. The van der Waals surface area contributed by atoms with Gasteiger partial charge < -0.3 is 5.32 Å². The van der Waals surface area contributed by atoms with Gasteiger partial charge in [-0.2, -0.15) is 13.2 Å². The minimum Gasteiger partial charge on any atom is -0.359 e. The highest BCUT2D eigenvalue weighted by atomic mass is 79.9. The molecule has 0 bridgehead atoms. The molecule has 10 heteroatoms. The third-order valence-corrected chi connectivity index (χ3v) is 4.25. The molecule has 0 atom stereocenters. The zero-order valence-electron chi connectivity index (χ0n) is 12.7. The van der Waals surface area contributed by atoms with E-state index >= 15 is 0 Å². The molecule has 0 aliphatic rings. The van der Waals surface area contributed by atoms with Crippen LogP contribution in [-0.4, -0.2) is 22.3 Å². The lowest BCUT2D eigenvalue weighted by Gasteiger charge is -2.14. The molecule has 3 aromatic rings. The first-order chi connectivity index (χ1) is 12.2. The zero-order chi connectivity index (χ0) is 19.1. The quantitative estimate of drug-likeness (QED) is 0.577. The largest absolute Gasteiger partial charge is 0.405 e. The van der Waals surface area contributed by atoms with Crippen molar-refractivity contribution in [1.29, 1.82) is 0 Å². The Balaban J connectivity index is 2.23. The first kappa shape index (κ1) is 18.7. The number of anilines is 1. The van der Waals surface area contributed by atoms with Gasteiger partial charge in [0.05, 0.1) is 10.2 Å². The summed E-state index contributed by atoms with van der Waals surface area (Å²) < 4.78 is 52.6. The second kappa shape index (κ2) is 6.88. The molecule has 0 aliphatic carbocycles. The number of hydrogen-bond donors (Lipinski definition) is 1. The van der Waals surface area contributed by atoms with Crippen molar-refractivity contribution in [3.63, 3.8) is 0 Å². The molecule has 2 aromatic heterocycles. The number of hydrogen-bond acceptors (Lipinski definition) is 3. The van der Waals surface area contributed by atoms with Gasteiger partial charge in [-0.15, -0.1) is 0 Å². The van der Waals surface area contributed by atoms with Gasteiger partial charge in [0, 0.05) is 10.4 Å². The van der Waals surface area contributed by atoms with E-state index in [1.54, 1.807) is 24.3 Å². The van der Waals surface area contributed by atoms with Gasteiger partial charge in [-0.25, -0.2) is 9.37 Å². The number of rotatable bonds is 3. The maximum Gasteiger partial charge on any atom is 0.405 e. The Bertz CT molecular complexity index is 1030. The van der Waals surface area contributed by atoms with E-state index in [-0.39, 0.29) is 15.5 Å². The summed E-state index contributed by atoms with van der Waals surface area (Å²) in [4.78, 5) is 16.4. The summed E-state index contributed by atoms with van der Waals surface area (Å²) >= 11 is 8.94. The SMILES string of the molecule is O=c1c(Br)cc2cc(F)c(NCC(F)(F)F)nc2n1-c1ccc(Cl)cc1. The van der Waals surface area contributed by atoms with Crippen molar-refractivity contribution in [3.8, 4) is 5.69 Å². The average molecular weight is 451 g/mol. The van der Waals surface area contributed by atoms with Crippen LogP contribution in [0.15, 0.2) is 45.7 Å². The van der Waals surface area contributed by atoms with Gasteiger partial charge in [0.15, 0.2) is 11.6 Å². The van der Waals surface area contributed by atoms with E-state index in [1.807, 2.05) is 5.32 Å². The molecule has 0 saturated heterocycles. The highest BCUT2D eigenvalue weighted by Gasteiger charge is 2.27. The van der Waals surface area contributed by atoms with Crippen LogP contribution in [0.3, 0.4) is 0 Å². The molecule has 0 radical (unpaired) electrons. The fourth-order valence-electron chi connectivity index (χ4n) is 2.32. The van der Waals surface area contributed by atoms with Gasteiger partial charge >= 0.3 is 6.18 Å². The van der Waals surface area contributed by atoms with Gasteiger partial charge in [-0.05, 0) is 52.3 Å². The zero-order valence-corrected chi connectivity index (χ0v) is 15.1. The van der Waals surface area contributed by atoms with E-state index < -0.39 is 29.9 Å². The Hall–Kier alpha value is -2.13. The summed E-state index contributed by atoms with van der Waals surface area (Å²) in [6, 6.07) is 8.54. The Morgan fingerprint density at radius 2 is 1.85 bits per heavy atom. The summed E-state index contributed by atoms with van der Waals surface area (Å²) in [5, 5.41) is 2.58. The van der Waals surface area contributed by atoms with E-state index in [9.17, 15) is 22.4 Å².